The fourth-order valence-corrected chi connectivity index (χ4v) is 5.45. The van der Waals surface area contributed by atoms with Crippen LogP contribution in [0.5, 0.6) is 5.75 Å². The Hall–Kier alpha value is -2.38. The van der Waals surface area contributed by atoms with E-state index in [9.17, 15) is 13.2 Å². The zero-order valence-electron chi connectivity index (χ0n) is 18.0. The predicted molar refractivity (Wildman–Crippen MR) is 117 cm³/mol. The second kappa shape index (κ2) is 9.18. The van der Waals surface area contributed by atoms with Crippen molar-refractivity contribution in [3.8, 4) is 5.75 Å². The molecular formula is C23H30N2O4S. The fourth-order valence-electron chi connectivity index (χ4n) is 3.98. The maximum atomic E-state index is 12.9. The second-order valence-corrected chi connectivity index (χ2v) is 9.88. The van der Waals surface area contributed by atoms with Crippen LogP contribution in [0.15, 0.2) is 47.4 Å². The molecule has 6 nitrogen and oxygen atoms in total. The van der Waals surface area contributed by atoms with Gasteiger partial charge in [-0.25, -0.2) is 8.42 Å². The molecule has 2 aromatic carbocycles. The Morgan fingerprint density at radius 2 is 1.73 bits per heavy atom. The van der Waals surface area contributed by atoms with Crippen molar-refractivity contribution in [3.63, 3.8) is 0 Å². The fraction of sp³-hybridized carbons (Fsp3) is 0.435. The largest absolute Gasteiger partial charge is 0.497 e. The Bertz CT molecular complexity index is 994. The highest BCUT2D eigenvalue weighted by Gasteiger charge is 2.32. The molecular weight excluding hydrogens is 400 g/mol. The Labute approximate surface area is 179 Å². The van der Waals surface area contributed by atoms with Crippen molar-refractivity contribution >= 4 is 15.9 Å². The number of methoxy groups -OCH3 is 1. The van der Waals surface area contributed by atoms with Crippen molar-refractivity contribution in [2.75, 3.05) is 20.2 Å². The first-order valence-corrected chi connectivity index (χ1v) is 11.7. The van der Waals surface area contributed by atoms with Crippen LogP contribution in [-0.2, 0) is 14.8 Å². The van der Waals surface area contributed by atoms with Crippen LogP contribution in [0.25, 0.3) is 0 Å². The van der Waals surface area contributed by atoms with Crippen LogP contribution >= 0.6 is 0 Å². The van der Waals surface area contributed by atoms with Crippen molar-refractivity contribution in [1.82, 2.24) is 9.62 Å². The Morgan fingerprint density at radius 1 is 1.10 bits per heavy atom. The van der Waals surface area contributed by atoms with Crippen LogP contribution in [0, 0.1) is 19.8 Å². The van der Waals surface area contributed by atoms with Gasteiger partial charge in [-0.2, -0.15) is 4.31 Å². The summed E-state index contributed by atoms with van der Waals surface area (Å²) in [7, 11) is -2.02. The van der Waals surface area contributed by atoms with Crippen LogP contribution in [0.2, 0.25) is 0 Å². The van der Waals surface area contributed by atoms with Crippen molar-refractivity contribution < 1.29 is 17.9 Å². The molecule has 7 heteroatoms. The molecule has 162 valence electrons. The van der Waals surface area contributed by atoms with Gasteiger partial charge in [-0.1, -0.05) is 23.8 Å². The first-order valence-electron chi connectivity index (χ1n) is 10.2. The minimum absolute atomic E-state index is 0.0102. The molecule has 2 aromatic rings. The number of ether oxygens (including phenoxy) is 1. The van der Waals surface area contributed by atoms with Gasteiger partial charge >= 0.3 is 0 Å². The van der Waals surface area contributed by atoms with Crippen LogP contribution in [0.3, 0.4) is 0 Å². The van der Waals surface area contributed by atoms with E-state index >= 15 is 0 Å². The summed E-state index contributed by atoms with van der Waals surface area (Å²) in [6.45, 7) is 6.76. The second-order valence-electron chi connectivity index (χ2n) is 7.94. The standard InChI is InChI=1S/C23H30N2O4S/c1-16-5-10-22(17(2)15-16)18(3)24-23(26)19-11-13-25(14-12-19)30(27,28)21-8-6-20(29-4)7-9-21/h5-10,15,18-19H,11-14H2,1-4H3,(H,24,26)/t18-/m1/s1. The number of sulfonamides is 1. The number of aryl methyl sites for hydroxylation is 2. The molecule has 30 heavy (non-hydrogen) atoms. The molecule has 0 bridgehead atoms. The third-order valence-corrected chi connectivity index (χ3v) is 7.69. The summed E-state index contributed by atoms with van der Waals surface area (Å²) >= 11 is 0. The summed E-state index contributed by atoms with van der Waals surface area (Å²) in [6, 6.07) is 12.5. The molecule has 0 aliphatic carbocycles. The van der Waals surface area contributed by atoms with Gasteiger partial charge in [0.2, 0.25) is 15.9 Å². The molecule has 1 amide bonds. The zero-order valence-corrected chi connectivity index (χ0v) is 18.8. The molecule has 1 heterocycles. The van der Waals surface area contributed by atoms with E-state index in [1.54, 1.807) is 31.4 Å². The Balaban J connectivity index is 1.59. The first-order chi connectivity index (χ1) is 14.2. The normalized spacial score (nSPS) is 16.8. The van der Waals surface area contributed by atoms with Gasteiger partial charge < -0.3 is 10.1 Å². The maximum Gasteiger partial charge on any atom is 0.243 e. The van der Waals surface area contributed by atoms with Gasteiger partial charge in [0.05, 0.1) is 18.0 Å². The number of nitrogens with zero attached hydrogens (tertiary/aromatic N) is 1. The Morgan fingerprint density at radius 3 is 2.30 bits per heavy atom. The lowest BCUT2D eigenvalue weighted by Crippen LogP contribution is -2.43. The van der Waals surface area contributed by atoms with Gasteiger partial charge in [0.25, 0.3) is 0 Å². The van der Waals surface area contributed by atoms with Crippen LogP contribution in [0.4, 0.5) is 0 Å². The average molecular weight is 431 g/mol. The van der Waals surface area contributed by atoms with Gasteiger partial charge in [0.15, 0.2) is 0 Å². The summed E-state index contributed by atoms with van der Waals surface area (Å²) in [5.41, 5.74) is 3.46. The molecule has 1 aliphatic heterocycles. The summed E-state index contributed by atoms with van der Waals surface area (Å²) in [6.07, 6.45) is 1.03. The van der Waals surface area contributed by atoms with Crippen molar-refractivity contribution in [2.45, 2.75) is 44.6 Å². The summed E-state index contributed by atoms with van der Waals surface area (Å²) < 4.78 is 32.3. The molecule has 1 saturated heterocycles. The first kappa shape index (κ1) is 22.3. The number of hydrogen-bond donors (Lipinski definition) is 1. The highest BCUT2D eigenvalue weighted by Crippen LogP contribution is 2.26. The van der Waals surface area contributed by atoms with Crippen molar-refractivity contribution in [2.24, 2.45) is 5.92 Å². The maximum absolute atomic E-state index is 12.9. The SMILES string of the molecule is COc1ccc(S(=O)(=O)N2CCC(C(=O)N[C@H](C)c3ccc(C)cc3C)CC2)cc1. The summed E-state index contributed by atoms with van der Waals surface area (Å²) in [5, 5.41) is 3.10. The monoisotopic (exact) mass is 430 g/mol. The minimum Gasteiger partial charge on any atom is -0.497 e. The highest BCUT2D eigenvalue weighted by atomic mass is 32.2. The molecule has 1 atom stereocenters. The van der Waals surface area contributed by atoms with Gasteiger partial charge in [-0.15, -0.1) is 0 Å². The lowest BCUT2D eigenvalue weighted by molar-refractivity contribution is -0.126. The molecule has 0 radical (unpaired) electrons. The Kier molecular flexibility index (Phi) is 6.83. The van der Waals surface area contributed by atoms with E-state index < -0.39 is 10.0 Å². The minimum atomic E-state index is -3.57. The molecule has 1 N–H and O–H groups in total. The van der Waals surface area contributed by atoms with E-state index in [0.29, 0.717) is 31.7 Å². The van der Waals surface area contributed by atoms with Crippen LogP contribution in [0.1, 0.15) is 42.5 Å². The number of nitrogens with one attached hydrogen (secondary N) is 1. The number of amides is 1. The van der Waals surface area contributed by atoms with Crippen LogP contribution in [-0.4, -0.2) is 38.8 Å². The molecule has 0 saturated carbocycles. The summed E-state index contributed by atoms with van der Waals surface area (Å²) in [4.78, 5) is 13.0. The lowest BCUT2D eigenvalue weighted by atomic mass is 9.95. The molecule has 1 aliphatic rings. The van der Waals surface area contributed by atoms with Gasteiger partial charge in [0, 0.05) is 19.0 Å². The third-order valence-electron chi connectivity index (χ3n) is 5.77. The van der Waals surface area contributed by atoms with Gasteiger partial charge in [0.1, 0.15) is 5.75 Å². The van der Waals surface area contributed by atoms with E-state index in [2.05, 4.69) is 17.4 Å². The summed E-state index contributed by atoms with van der Waals surface area (Å²) in [5.74, 6) is 0.423. The molecule has 0 unspecified atom stereocenters. The third kappa shape index (κ3) is 4.84. The topological polar surface area (TPSA) is 75.7 Å². The highest BCUT2D eigenvalue weighted by molar-refractivity contribution is 7.89. The van der Waals surface area contributed by atoms with E-state index in [0.717, 1.165) is 11.1 Å². The quantitative estimate of drug-likeness (QED) is 0.760. The smallest absolute Gasteiger partial charge is 0.243 e. The van der Waals surface area contributed by atoms with E-state index in [1.165, 1.54) is 9.87 Å². The van der Waals surface area contributed by atoms with Gasteiger partial charge in [-0.05, 0) is 69.0 Å². The van der Waals surface area contributed by atoms with Gasteiger partial charge in [-0.3, -0.25) is 4.79 Å². The molecule has 1 fully saturated rings. The number of rotatable bonds is 6. The van der Waals surface area contributed by atoms with Crippen molar-refractivity contribution in [3.05, 3.63) is 59.2 Å². The van der Waals surface area contributed by atoms with E-state index in [-0.39, 0.29) is 22.8 Å². The number of carbonyl (C=O) groups is 1. The molecule has 0 aromatic heterocycles. The number of piperidine rings is 1. The van der Waals surface area contributed by atoms with E-state index in [4.69, 9.17) is 4.74 Å². The number of hydrogen-bond acceptors (Lipinski definition) is 4. The van der Waals surface area contributed by atoms with E-state index in [1.807, 2.05) is 26.8 Å². The molecule has 0 spiro atoms. The van der Waals surface area contributed by atoms with Crippen molar-refractivity contribution in [1.29, 1.82) is 0 Å². The lowest BCUT2D eigenvalue weighted by Gasteiger charge is -2.31. The number of benzene rings is 2. The average Bonchev–Trinajstić information content (AvgIpc) is 2.73. The molecule has 3 rings (SSSR count). The zero-order chi connectivity index (χ0) is 21.9. The number of carbonyl (C=O) groups excluding carboxylic acids is 1. The van der Waals surface area contributed by atoms with Crippen LogP contribution < -0.4 is 10.1 Å². The predicted octanol–water partition coefficient (Wildman–Crippen LogP) is 3.59.